The van der Waals surface area contributed by atoms with Gasteiger partial charge in [0.15, 0.2) is 0 Å². The molecule has 0 aromatic heterocycles. The summed E-state index contributed by atoms with van der Waals surface area (Å²) in [6, 6.07) is 15.7. The van der Waals surface area contributed by atoms with Crippen LogP contribution in [0.25, 0.3) is 0 Å². The molecule has 3 rings (SSSR count). The first kappa shape index (κ1) is 25.1. The number of carbonyl (C=O) groups is 3. The highest BCUT2D eigenvalue weighted by atomic mass is 16.5. The summed E-state index contributed by atoms with van der Waals surface area (Å²) in [7, 11) is 1.58. The van der Waals surface area contributed by atoms with E-state index in [2.05, 4.69) is 10.6 Å². The highest BCUT2D eigenvalue weighted by Gasteiger charge is 2.30. The first-order valence-electron chi connectivity index (χ1n) is 11.6. The van der Waals surface area contributed by atoms with Crippen molar-refractivity contribution in [1.82, 2.24) is 10.2 Å². The fraction of sp³-hybridized carbons (Fsp3) is 0.423. The quantitative estimate of drug-likeness (QED) is 0.569. The van der Waals surface area contributed by atoms with Crippen LogP contribution in [-0.2, 0) is 14.3 Å². The number of hydrogen-bond acceptors (Lipinski definition) is 5. The molecule has 0 unspecified atom stereocenters. The maximum Gasteiger partial charge on any atom is 0.321 e. The molecule has 0 bridgehead atoms. The van der Waals surface area contributed by atoms with Gasteiger partial charge in [-0.1, -0.05) is 30.3 Å². The average Bonchev–Trinajstić information content (AvgIpc) is 2.84. The second-order valence-corrected chi connectivity index (χ2v) is 8.66. The number of esters is 1. The number of rotatable bonds is 8. The number of para-hydroxylation sites is 1. The van der Waals surface area contributed by atoms with Gasteiger partial charge in [-0.05, 0) is 56.5 Å². The SMILES string of the molecule is COc1ccc([C@H](CC(=O)OC(C)C)NC(=O)[C@@H]2CCCN(C(=O)Nc3ccccc3)C2)cc1. The van der Waals surface area contributed by atoms with Crippen LogP contribution in [0.4, 0.5) is 10.5 Å². The number of anilines is 1. The van der Waals surface area contributed by atoms with Gasteiger partial charge in [0, 0.05) is 18.8 Å². The molecule has 2 atom stereocenters. The molecule has 34 heavy (non-hydrogen) atoms. The van der Waals surface area contributed by atoms with E-state index in [0.717, 1.165) is 12.0 Å². The number of ether oxygens (including phenoxy) is 2. The number of amides is 3. The van der Waals surface area contributed by atoms with E-state index in [1.807, 2.05) is 42.5 Å². The largest absolute Gasteiger partial charge is 0.497 e. The van der Waals surface area contributed by atoms with Gasteiger partial charge in [-0.15, -0.1) is 0 Å². The number of piperidine rings is 1. The third kappa shape index (κ3) is 7.23. The van der Waals surface area contributed by atoms with Crippen LogP contribution in [0.1, 0.15) is 44.7 Å². The summed E-state index contributed by atoms with van der Waals surface area (Å²) in [6.45, 7) is 4.48. The summed E-state index contributed by atoms with van der Waals surface area (Å²) >= 11 is 0. The molecule has 3 amide bonds. The molecule has 0 radical (unpaired) electrons. The van der Waals surface area contributed by atoms with Crippen LogP contribution in [0.15, 0.2) is 54.6 Å². The fourth-order valence-electron chi connectivity index (χ4n) is 3.96. The third-order valence-corrected chi connectivity index (χ3v) is 5.68. The molecule has 1 aliphatic rings. The lowest BCUT2D eigenvalue weighted by Crippen LogP contribution is -2.47. The molecule has 2 N–H and O–H groups in total. The second-order valence-electron chi connectivity index (χ2n) is 8.66. The van der Waals surface area contributed by atoms with E-state index in [0.29, 0.717) is 30.9 Å². The van der Waals surface area contributed by atoms with Crippen LogP contribution in [0.2, 0.25) is 0 Å². The highest BCUT2D eigenvalue weighted by molar-refractivity contribution is 5.90. The van der Waals surface area contributed by atoms with Crippen molar-refractivity contribution >= 4 is 23.6 Å². The van der Waals surface area contributed by atoms with Crippen molar-refractivity contribution in [1.29, 1.82) is 0 Å². The van der Waals surface area contributed by atoms with Crippen molar-refractivity contribution in [3.63, 3.8) is 0 Å². The lowest BCUT2D eigenvalue weighted by molar-refractivity contribution is -0.148. The summed E-state index contributed by atoms with van der Waals surface area (Å²) in [5.41, 5.74) is 1.49. The van der Waals surface area contributed by atoms with Gasteiger partial charge in [-0.2, -0.15) is 0 Å². The average molecular weight is 468 g/mol. The Morgan fingerprint density at radius 1 is 1.06 bits per heavy atom. The zero-order valence-corrected chi connectivity index (χ0v) is 20.0. The Morgan fingerprint density at radius 3 is 2.41 bits per heavy atom. The normalized spacial score (nSPS) is 16.5. The maximum atomic E-state index is 13.2. The van der Waals surface area contributed by atoms with E-state index >= 15 is 0 Å². The number of benzene rings is 2. The summed E-state index contributed by atoms with van der Waals surface area (Å²) < 4.78 is 10.5. The third-order valence-electron chi connectivity index (χ3n) is 5.68. The lowest BCUT2D eigenvalue weighted by atomic mass is 9.95. The summed E-state index contributed by atoms with van der Waals surface area (Å²) in [4.78, 5) is 39.9. The molecular formula is C26H33N3O5. The molecule has 8 heteroatoms. The Bertz CT molecular complexity index is 962. The minimum atomic E-state index is -0.543. The molecule has 2 aromatic carbocycles. The zero-order valence-electron chi connectivity index (χ0n) is 20.0. The monoisotopic (exact) mass is 467 g/mol. The predicted molar refractivity (Wildman–Crippen MR) is 129 cm³/mol. The van der Waals surface area contributed by atoms with Gasteiger partial charge in [0.25, 0.3) is 0 Å². The van der Waals surface area contributed by atoms with Crippen LogP contribution >= 0.6 is 0 Å². The van der Waals surface area contributed by atoms with Crippen molar-refractivity contribution < 1.29 is 23.9 Å². The van der Waals surface area contributed by atoms with Gasteiger partial charge < -0.3 is 25.0 Å². The van der Waals surface area contributed by atoms with Crippen LogP contribution < -0.4 is 15.4 Å². The van der Waals surface area contributed by atoms with Crippen LogP contribution in [0.3, 0.4) is 0 Å². The van der Waals surface area contributed by atoms with E-state index in [1.54, 1.807) is 38.0 Å². The summed E-state index contributed by atoms with van der Waals surface area (Å²) in [5.74, 6) is -0.248. The van der Waals surface area contributed by atoms with E-state index in [-0.39, 0.29) is 36.4 Å². The Morgan fingerprint density at radius 2 is 1.76 bits per heavy atom. The van der Waals surface area contributed by atoms with Crippen LogP contribution in [0.5, 0.6) is 5.75 Å². The first-order chi connectivity index (χ1) is 16.4. The topological polar surface area (TPSA) is 97.0 Å². The van der Waals surface area contributed by atoms with E-state index in [4.69, 9.17) is 9.47 Å². The van der Waals surface area contributed by atoms with Gasteiger partial charge >= 0.3 is 12.0 Å². The number of nitrogens with zero attached hydrogens (tertiary/aromatic N) is 1. The Kier molecular flexibility index (Phi) is 8.90. The number of likely N-dealkylation sites (tertiary alicyclic amines) is 1. The molecular weight excluding hydrogens is 434 g/mol. The van der Waals surface area contributed by atoms with Gasteiger partial charge in [0.05, 0.1) is 31.6 Å². The van der Waals surface area contributed by atoms with E-state index in [9.17, 15) is 14.4 Å². The van der Waals surface area contributed by atoms with Crippen molar-refractivity contribution in [2.24, 2.45) is 5.92 Å². The molecule has 8 nitrogen and oxygen atoms in total. The van der Waals surface area contributed by atoms with Gasteiger partial charge in [-0.25, -0.2) is 4.79 Å². The molecule has 1 aliphatic heterocycles. The molecule has 1 fully saturated rings. The summed E-state index contributed by atoms with van der Waals surface area (Å²) in [5, 5.41) is 5.89. The number of carbonyl (C=O) groups excluding carboxylic acids is 3. The van der Waals surface area contributed by atoms with Crippen molar-refractivity contribution in [2.45, 2.75) is 45.3 Å². The van der Waals surface area contributed by atoms with Crippen molar-refractivity contribution in [2.75, 3.05) is 25.5 Å². The van der Waals surface area contributed by atoms with E-state index < -0.39 is 6.04 Å². The van der Waals surface area contributed by atoms with Gasteiger partial charge in [0.1, 0.15) is 5.75 Å². The Hall–Kier alpha value is -3.55. The number of nitrogens with one attached hydrogen (secondary N) is 2. The minimum Gasteiger partial charge on any atom is -0.497 e. The fourth-order valence-corrected chi connectivity index (χ4v) is 3.96. The molecule has 0 saturated carbocycles. The smallest absolute Gasteiger partial charge is 0.321 e. The first-order valence-corrected chi connectivity index (χ1v) is 11.6. The predicted octanol–water partition coefficient (Wildman–Crippen LogP) is 4.14. The van der Waals surface area contributed by atoms with Crippen LogP contribution in [0, 0.1) is 5.92 Å². The number of urea groups is 1. The molecule has 1 saturated heterocycles. The molecule has 1 heterocycles. The van der Waals surface area contributed by atoms with Crippen LogP contribution in [-0.4, -0.2) is 49.1 Å². The Balaban J connectivity index is 1.66. The van der Waals surface area contributed by atoms with Gasteiger partial charge in [0.2, 0.25) is 5.91 Å². The second kappa shape index (κ2) is 12.1. The van der Waals surface area contributed by atoms with Crippen molar-refractivity contribution in [3.8, 4) is 5.75 Å². The van der Waals surface area contributed by atoms with E-state index in [1.165, 1.54) is 0 Å². The zero-order chi connectivity index (χ0) is 24.5. The summed E-state index contributed by atoms with van der Waals surface area (Å²) in [6.07, 6.45) is 1.17. The lowest BCUT2D eigenvalue weighted by Gasteiger charge is -2.33. The number of hydrogen-bond donors (Lipinski definition) is 2. The minimum absolute atomic E-state index is 0.0151. The Labute approximate surface area is 200 Å². The number of methoxy groups -OCH3 is 1. The molecule has 0 spiro atoms. The van der Waals surface area contributed by atoms with Crippen molar-refractivity contribution in [3.05, 3.63) is 60.2 Å². The molecule has 0 aliphatic carbocycles. The highest BCUT2D eigenvalue weighted by Crippen LogP contribution is 2.24. The maximum absolute atomic E-state index is 13.2. The van der Waals surface area contributed by atoms with Gasteiger partial charge in [-0.3, -0.25) is 9.59 Å². The molecule has 182 valence electrons. The molecule has 2 aromatic rings. The standard InChI is InChI=1S/C26H33N3O5/c1-18(2)34-24(30)16-23(19-11-13-22(33-3)14-12-19)28-25(31)20-8-7-15-29(17-20)26(32)27-21-9-5-4-6-10-21/h4-6,9-14,18,20,23H,7-8,15-17H2,1-3H3,(H,27,32)(H,28,31)/t20-,23+/m1/s1.